The highest BCUT2D eigenvalue weighted by Gasteiger charge is 2.51. The fourth-order valence-corrected chi connectivity index (χ4v) is 12.4. The van der Waals surface area contributed by atoms with Crippen molar-refractivity contribution >= 4 is 85.1 Å². The summed E-state index contributed by atoms with van der Waals surface area (Å²) in [4.78, 5) is 2.48. The smallest absolute Gasteiger partial charge is 0.256 e. The fraction of sp³-hybridized carbons (Fsp3) is 0.156. The number of fused-ring (bicyclic) bond motifs is 13. The molecule has 9 aromatic carbocycles. The number of anilines is 3. The SMILES string of the molecule is Cc1ccc(N2c3ccc(C)cc3B3c4cc(-c5ccc(C(C)C)cc5)ccc4Oc4c3c2c2c3c4-n4c5ccc(C)cc5c5cc(C)cc(c54)B3c3cc(-c4ccc(C(C)C)cc4)ccc3O2)cc1. The predicted molar refractivity (Wildman–Crippen MR) is 296 cm³/mol. The lowest BCUT2D eigenvalue weighted by Gasteiger charge is -2.45. The van der Waals surface area contributed by atoms with Crippen LogP contribution in [0.2, 0.25) is 0 Å². The minimum atomic E-state index is -0.152. The van der Waals surface area contributed by atoms with Gasteiger partial charge in [-0.2, -0.15) is 0 Å². The van der Waals surface area contributed by atoms with Crippen molar-refractivity contribution in [2.24, 2.45) is 0 Å². The number of hydrogen-bond donors (Lipinski definition) is 0. The highest BCUT2D eigenvalue weighted by atomic mass is 16.5. The molecule has 0 saturated heterocycles. The van der Waals surface area contributed by atoms with E-state index < -0.39 is 0 Å². The van der Waals surface area contributed by atoms with E-state index in [4.69, 9.17) is 9.47 Å². The predicted octanol–water partition coefficient (Wildman–Crippen LogP) is 12.9. The molecular formula is C64H52B2N2O2. The van der Waals surface area contributed by atoms with Crippen LogP contribution in [0.1, 0.15) is 72.9 Å². The van der Waals surface area contributed by atoms with Crippen LogP contribution < -0.4 is 47.2 Å². The molecule has 0 spiro atoms. The second-order valence-corrected chi connectivity index (χ2v) is 21.2. The molecule has 336 valence electrons. The first-order valence-electron chi connectivity index (χ1n) is 25.1. The van der Waals surface area contributed by atoms with E-state index in [2.05, 4.69) is 223 Å². The third-order valence-electron chi connectivity index (χ3n) is 15.9. The van der Waals surface area contributed by atoms with Crippen molar-refractivity contribution in [1.29, 1.82) is 0 Å². The molecule has 0 radical (unpaired) electrons. The van der Waals surface area contributed by atoms with Gasteiger partial charge < -0.3 is 18.9 Å². The number of aromatic nitrogens is 1. The van der Waals surface area contributed by atoms with E-state index in [1.54, 1.807) is 0 Å². The molecule has 0 bridgehead atoms. The lowest BCUT2D eigenvalue weighted by Crippen LogP contribution is -2.63. The Kier molecular flexibility index (Phi) is 8.79. The van der Waals surface area contributed by atoms with Gasteiger partial charge in [-0.05, 0) is 143 Å². The Labute approximate surface area is 411 Å². The zero-order chi connectivity index (χ0) is 47.4. The Morgan fingerprint density at radius 1 is 0.414 bits per heavy atom. The van der Waals surface area contributed by atoms with E-state index in [0.717, 1.165) is 62.1 Å². The molecule has 0 atom stereocenters. The standard InChI is InChI=1S/C64H52B2N2O2/c1-35(2)41-13-17-43(18-14-41)45-21-27-56-51(33-45)65-50-31-39(7)12-26-55(50)67(47-23-9-37(5)10-24-47)61-58(65)64(70-56)62-59-63(61)69-57-28-22-46(44-19-15-42(16-20-44)36(3)4)34-52(57)66(59)53-32-40(8)30-49-48-29-38(6)11-25-54(48)68(62)60(49)53/h9-36H,1-8H3. The third kappa shape index (κ3) is 5.86. The number of ether oxygens (including phenoxy) is 2. The van der Waals surface area contributed by atoms with E-state index in [1.807, 2.05) is 0 Å². The molecule has 6 heteroatoms. The first-order chi connectivity index (χ1) is 34.0. The zero-order valence-corrected chi connectivity index (χ0v) is 41.0. The molecular weight excluding hydrogens is 850 g/mol. The summed E-state index contributed by atoms with van der Waals surface area (Å²) in [7, 11) is 0. The first-order valence-corrected chi connectivity index (χ1v) is 25.1. The summed E-state index contributed by atoms with van der Waals surface area (Å²) in [6.45, 7) is 17.6. The molecule has 70 heavy (non-hydrogen) atoms. The lowest BCUT2D eigenvalue weighted by molar-refractivity contribution is 0.475. The van der Waals surface area contributed by atoms with Crippen molar-refractivity contribution in [2.45, 2.75) is 67.2 Å². The summed E-state index contributed by atoms with van der Waals surface area (Å²) in [6, 6.07) is 59.8. The van der Waals surface area contributed by atoms with Crippen molar-refractivity contribution in [1.82, 2.24) is 4.57 Å². The Bertz CT molecular complexity index is 3880. The van der Waals surface area contributed by atoms with Gasteiger partial charge in [0.25, 0.3) is 13.4 Å². The highest BCUT2D eigenvalue weighted by molar-refractivity contribution is 7.02. The maximum atomic E-state index is 7.70. The quantitative estimate of drug-likeness (QED) is 0.161. The Balaban J connectivity index is 1.12. The van der Waals surface area contributed by atoms with Crippen LogP contribution in [-0.2, 0) is 0 Å². The number of benzene rings is 9. The van der Waals surface area contributed by atoms with Crippen LogP contribution in [0.4, 0.5) is 17.1 Å². The lowest BCUT2D eigenvalue weighted by atomic mass is 9.31. The van der Waals surface area contributed by atoms with Gasteiger partial charge in [0.15, 0.2) is 0 Å². The second kappa shape index (κ2) is 14.9. The zero-order valence-electron chi connectivity index (χ0n) is 41.0. The Hall–Kier alpha value is -7.69. The average molecular weight is 903 g/mol. The molecule has 10 aromatic rings. The molecule has 0 amide bonds. The van der Waals surface area contributed by atoms with Crippen LogP contribution in [-0.4, -0.2) is 18.0 Å². The van der Waals surface area contributed by atoms with Crippen molar-refractivity contribution in [3.8, 4) is 50.9 Å². The van der Waals surface area contributed by atoms with Gasteiger partial charge in [-0.3, -0.25) is 0 Å². The van der Waals surface area contributed by atoms with Gasteiger partial charge in [0.05, 0.1) is 16.9 Å². The Morgan fingerprint density at radius 2 is 0.914 bits per heavy atom. The van der Waals surface area contributed by atoms with Crippen molar-refractivity contribution < 1.29 is 9.47 Å². The van der Waals surface area contributed by atoms with E-state index in [9.17, 15) is 0 Å². The van der Waals surface area contributed by atoms with Gasteiger partial charge in [-0.15, -0.1) is 0 Å². The molecule has 14 rings (SSSR count). The summed E-state index contributed by atoms with van der Waals surface area (Å²) >= 11 is 0. The molecule has 4 nitrogen and oxygen atoms in total. The summed E-state index contributed by atoms with van der Waals surface area (Å²) < 4.78 is 17.9. The van der Waals surface area contributed by atoms with Crippen molar-refractivity contribution in [2.75, 3.05) is 4.90 Å². The van der Waals surface area contributed by atoms with Crippen LogP contribution in [0, 0.1) is 27.7 Å². The van der Waals surface area contributed by atoms with Crippen LogP contribution in [0.3, 0.4) is 0 Å². The first kappa shape index (κ1) is 41.3. The van der Waals surface area contributed by atoms with Crippen LogP contribution in [0.25, 0.3) is 49.7 Å². The van der Waals surface area contributed by atoms with Crippen LogP contribution in [0.5, 0.6) is 23.0 Å². The molecule has 0 unspecified atom stereocenters. The molecule has 1 aromatic heterocycles. The minimum Gasteiger partial charge on any atom is -0.456 e. The second-order valence-electron chi connectivity index (χ2n) is 21.2. The van der Waals surface area contributed by atoms with Crippen molar-refractivity contribution in [3.63, 3.8) is 0 Å². The van der Waals surface area contributed by atoms with Gasteiger partial charge in [0, 0.05) is 38.6 Å². The largest absolute Gasteiger partial charge is 0.456 e. The molecule has 0 N–H and O–H groups in total. The summed E-state index contributed by atoms with van der Waals surface area (Å²) in [6.07, 6.45) is 0. The van der Waals surface area contributed by atoms with Gasteiger partial charge in [0.2, 0.25) is 0 Å². The maximum absolute atomic E-state index is 7.70. The molecule has 0 aliphatic carbocycles. The molecule has 5 heterocycles. The van der Waals surface area contributed by atoms with Gasteiger partial charge in [-0.1, -0.05) is 159 Å². The average Bonchev–Trinajstić information content (AvgIpc) is 3.68. The summed E-state index contributed by atoms with van der Waals surface area (Å²) in [5, 5.41) is 2.52. The maximum Gasteiger partial charge on any atom is 0.256 e. The molecule has 4 aliphatic rings. The molecule has 0 fully saturated rings. The van der Waals surface area contributed by atoms with Gasteiger partial charge in [0.1, 0.15) is 23.0 Å². The summed E-state index contributed by atoms with van der Waals surface area (Å²) in [5.41, 5.74) is 26.2. The van der Waals surface area contributed by atoms with Gasteiger partial charge in [-0.25, -0.2) is 0 Å². The Morgan fingerprint density at radius 3 is 1.53 bits per heavy atom. The van der Waals surface area contributed by atoms with Crippen LogP contribution in [0.15, 0.2) is 158 Å². The van der Waals surface area contributed by atoms with E-state index >= 15 is 0 Å². The van der Waals surface area contributed by atoms with E-state index in [1.165, 1.54) is 93.8 Å². The van der Waals surface area contributed by atoms with E-state index in [-0.39, 0.29) is 13.4 Å². The van der Waals surface area contributed by atoms with Crippen LogP contribution >= 0.6 is 0 Å². The monoisotopic (exact) mass is 902 g/mol. The molecule has 0 saturated carbocycles. The third-order valence-corrected chi connectivity index (χ3v) is 15.9. The molecule has 4 aliphatic heterocycles. The van der Waals surface area contributed by atoms with E-state index in [0.29, 0.717) is 11.8 Å². The number of aryl methyl sites for hydroxylation is 4. The van der Waals surface area contributed by atoms with Gasteiger partial charge >= 0.3 is 0 Å². The number of hydrogen-bond acceptors (Lipinski definition) is 3. The highest BCUT2D eigenvalue weighted by Crippen LogP contribution is 2.51. The number of nitrogens with zero attached hydrogens (tertiary/aromatic N) is 2. The van der Waals surface area contributed by atoms with Crippen molar-refractivity contribution in [3.05, 3.63) is 191 Å². The fourth-order valence-electron chi connectivity index (χ4n) is 12.4. The number of rotatable bonds is 5. The topological polar surface area (TPSA) is 26.6 Å². The normalized spacial score (nSPS) is 13.5. The summed E-state index contributed by atoms with van der Waals surface area (Å²) in [5.74, 6) is 4.48. The minimum absolute atomic E-state index is 0.149.